The molecule has 6 nitrogen and oxygen atoms in total. The van der Waals surface area contributed by atoms with Gasteiger partial charge in [-0.2, -0.15) is 0 Å². The second kappa shape index (κ2) is 5.21. The normalized spacial score (nSPS) is 23.3. The van der Waals surface area contributed by atoms with E-state index in [9.17, 15) is 4.39 Å². The van der Waals surface area contributed by atoms with E-state index in [1.165, 1.54) is 6.26 Å². The van der Waals surface area contributed by atoms with Crippen molar-refractivity contribution in [2.45, 2.75) is 18.7 Å². The number of nitrogens with zero attached hydrogens (tertiary/aromatic N) is 4. The number of aromatic nitrogens is 3. The van der Waals surface area contributed by atoms with Crippen LogP contribution in [0.5, 0.6) is 6.01 Å². The summed E-state index contributed by atoms with van der Waals surface area (Å²) >= 11 is 0. The fourth-order valence-corrected chi connectivity index (χ4v) is 2.04. The third-order valence-corrected chi connectivity index (χ3v) is 2.97. The predicted molar refractivity (Wildman–Crippen MR) is 64.7 cm³/mol. The van der Waals surface area contributed by atoms with E-state index in [0.717, 1.165) is 0 Å². The lowest BCUT2D eigenvalue weighted by Crippen LogP contribution is -2.47. The summed E-state index contributed by atoms with van der Waals surface area (Å²) in [4.78, 5) is 13.6. The van der Waals surface area contributed by atoms with Gasteiger partial charge in [-0.15, -0.1) is 0 Å². The zero-order valence-electron chi connectivity index (χ0n) is 10.1. The maximum Gasteiger partial charge on any atom is 0.316 e. The Bertz CT molecular complexity index is 508. The molecule has 0 unspecified atom stereocenters. The molecule has 1 saturated heterocycles. The number of piperidine rings is 1. The van der Waals surface area contributed by atoms with E-state index in [-0.39, 0.29) is 12.6 Å². The number of rotatable bonds is 3. The molecule has 0 spiro atoms. The average molecular weight is 264 g/mol. The highest BCUT2D eigenvalue weighted by Gasteiger charge is 2.32. The Hall–Kier alpha value is -2.18. The third kappa shape index (κ3) is 2.64. The van der Waals surface area contributed by atoms with Gasteiger partial charge in [-0.05, 0) is 6.07 Å². The minimum absolute atomic E-state index is 0.192. The fourth-order valence-electron chi connectivity index (χ4n) is 2.04. The van der Waals surface area contributed by atoms with Gasteiger partial charge in [0.1, 0.15) is 12.4 Å². The van der Waals surface area contributed by atoms with Gasteiger partial charge in [-0.1, -0.05) is 0 Å². The van der Waals surface area contributed by atoms with Crippen LogP contribution in [0.1, 0.15) is 6.42 Å². The lowest BCUT2D eigenvalue weighted by Gasteiger charge is -2.33. The summed E-state index contributed by atoms with van der Waals surface area (Å²) in [7, 11) is 0. The van der Waals surface area contributed by atoms with E-state index in [0.29, 0.717) is 19.0 Å². The van der Waals surface area contributed by atoms with Crippen molar-refractivity contribution in [1.29, 1.82) is 0 Å². The van der Waals surface area contributed by atoms with Crippen molar-refractivity contribution in [2.75, 3.05) is 18.0 Å². The number of anilines is 1. The van der Waals surface area contributed by atoms with Gasteiger partial charge >= 0.3 is 6.01 Å². The highest BCUT2D eigenvalue weighted by atomic mass is 19.1. The smallest absolute Gasteiger partial charge is 0.316 e. The molecule has 100 valence electrons. The van der Waals surface area contributed by atoms with Crippen LogP contribution in [0, 0.1) is 0 Å². The van der Waals surface area contributed by atoms with Crippen LogP contribution in [0.2, 0.25) is 0 Å². The van der Waals surface area contributed by atoms with Crippen molar-refractivity contribution < 1.29 is 13.5 Å². The van der Waals surface area contributed by atoms with Crippen LogP contribution in [0.25, 0.3) is 0 Å². The summed E-state index contributed by atoms with van der Waals surface area (Å²) in [6.45, 7) is 0.816. The number of hydrogen-bond acceptors (Lipinski definition) is 6. The van der Waals surface area contributed by atoms with Gasteiger partial charge in [0.2, 0.25) is 0 Å². The lowest BCUT2D eigenvalue weighted by atomic mass is 10.1. The van der Waals surface area contributed by atoms with E-state index in [4.69, 9.17) is 9.15 Å². The second-order valence-electron chi connectivity index (χ2n) is 4.25. The lowest BCUT2D eigenvalue weighted by molar-refractivity contribution is 0.0723. The molecule has 2 atom stereocenters. The quantitative estimate of drug-likeness (QED) is 0.836. The minimum Gasteiger partial charge on any atom is -0.457 e. The number of alkyl halides is 1. The Balaban J connectivity index is 1.62. The number of ether oxygens (including phenoxy) is 1. The number of halogens is 1. The standard InChI is InChI=1S/C12H13FN4O2/c13-9-8-17(12-16-5-7-18-12)6-2-10(9)19-11-14-3-1-4-15-11/h1,3-5,7,9-10H,2,6,8H2/t9-,10+/m0/s1. The van der Waals surface area contributed by atoms with E-state index in [1.54, 1.807) is 29.6 Å². The highest BCUT2D eigenvalue weighted by molar-refractivity contribution is 5.26. The van der Waals surface area contributed by atoms with Gasteiger partial charge in [0, 0.05) is 25.4 Å². The van der Waals surface area contributed by atoms with Crippen molar-refractivity contribution in [3.63, 3.8) is 0 Å². The minimum atomic E-state index is -1.13. The molecule has 2 aromatic heterocycles. The van der Waals surface area contributed by atoms with Crippen molar-refractivity contribution in [3.05, 3.63) is 30.9 Å². The first-order chi connectivity index (χ1) is 9.33. The van der Waals surface area contributed by atoms with E-state index >= 15 is 0 Å². The first-order valence-electron chi connectivity index (χ1n) is 6.05. The molecule has 0 amide bonds. The van der Waals surface area contributed by atoms with Crippen molar-refractivity contribution in [1.82, 2.24) is 15.0 Å². The summed E-state index contributed by atoms with van der Waals surface area (Å²) in [5, 5.41) is 0. The summed E-state index contributed by atoms with van der Waals surface area (Å²) in [6.07, 6.45) is 5.01. The van der Waals surface area contributed by atoms with Crippen LogP contribution < -0.4 is 9.64 Å². The molecular formula is C12H13FN4O2. The summed E-state index contributed by atoms with van der Waals surface area (Å²) < 4.78 is 24.7. The Morgan fingerprint density at radius 1 is 1.26 bits per heavy atom. The van der Waals surface area contributed by atoms with Crippen LogP contribution in [0.4, 0.5) is 10.4 Å². The topological polar surface area (TPSA) is 64.3 Å². The molecule has 0 radical (unpaired) electrons. The monoisotopic (exact) mass is 264 g/mol. The molecule has 1 aliphatic heterocycles. The first-order valence-corrected chi connectivity index (χ1v) is 6.05. The second-order valence-corrected chi connectivity index (χ2v) is 4.25. The number of oxazole rings is 1. The molecule has 0 saturated carbocycles. The Labute approximate surface area is 109 Å². The zero-order valence-corrected chi connectivity index (χ0v) is 10.1. The molecular weight excluding hydrogens is 251 g/mol. The molecule has 2 aromatic rings. The maximum atomic E-state index is 14.1. The molecule has 0 N–H and O–H groups in total. The number of hydrogen-bond donors (Lipinski definition) is 0. The molecule has 7 heteroatoms. The molecule has 0 aliphatic carbocycles. The molecule has 0 aromatic carbocycles. The van der Waals surface area contributed by atoms with Crippen LogP contribution in [0.15, 0.2) is 35.3 Å². The maximum absolute atomic E-state index is 14.1. The van der Waals surface area contributed by atoms with Gasteiger partial charge in [-0.3, -0.25) is 0 Å². The van der Waals surface area contributed by atoms with E-state index < -0.39 is 12.3 Å². The predicted octanol–water partition coefficient (Wildman–Crippen LogP) is 1.46. The third-order valence-electron chi connectivity index (χ3n) is 2.97. The Morgan fingerprint density at radius 3 is 2.79 bits per heavy atom. The summed E-state index contributed by atoms with van der Waals surface area (Å²) in [5.41, 5.74) is 0. The van der Waals surface area contributed by atoms with Crippen LogP contribution in [0.3, 0.4) is 0 Å². The Kier molecular flexibility index (Phi) is 3.26. The zero-order chi connectivity index (χ0) is 13.1. The first kappa shape index (κ1) is 11.9. The van der Waals surface area contributed by atoms with Crippen LogP contribution >= 0.6 is 0 Å². The summed E-state index contributed by atoms with van der Waals surface area (Å²) in [6, 6.07) is 2.34. The van der Waals surface area contributed by atoms with Crippen molar-refractivity contribution in [2.24, 2.45) is 0 Å². The van der Waals surface area contributed by atoms with Gasteiger partial charge in [0.05, 0.1) is 12.7 Å². The fraction of sp³-hybridized carbons (Fsp3) is 0.417. The van der Waals surface area contributed by atoms with Gasteiger partial charge < -0.3 is 14.1 Å². The SMILES string of the molecule is F[C@H]1CN(c2ncco2)CC[C@H]1Oc1ncccn1. The molecule has 1 fully saturated rings. The summed E-state index contributed by atoms with van der Waals surface area (Å²) in [5.74, 6) is 0. The Morgan fingerprint density at radius 2 is 2.11 bits per heavy atom. The average Bonchev–Trinajstić information content (AvgIpc) is 2.96. The van der Waals surface area contributed by atoms with Crippen molar-refractivity contribution >= 4 is 6.01 Å². The van der Waals surface area contributed by atoms with Gasteiger partial charge in [0.25, 0.3) is 6.01 Å². The van der Waals surface area contributed by atoms with E-state index in [1.807, 2.05) is 0 Å². The molecule has 1 aliphatic rings. The van der Waals surface area contributed by atoms with Gasteiger partial charge in [0.15, 0.2) is 6.17 Å². The molecule has 3 heterocycles. The van der Waals surface area contributed by atoms with Crippen LogP contribution in [-0.2, 0) is 0 Å². The molecule has 0 bridgehead atoms. The largest absolute Gasteiger partial charge is 0.457 e. The highest BCUT2D eigenvalue weighted by Crippen LogP contribution is 2.22. The van der Waals surface area contributed by atoms with Crippen molar-refractivity contribution in [3.8, 4) is 6.01 Å². The van der Waals surface area contributed by atoms with Crippen LogP contribution in [-0.4, -0.2) is 40.3 Å². The molecule has 19 heavy (non-hydrogen) atoms. The van der Waals surface area contributed by atoms with E-state index in [2.05, 4.69) is 15.0 Å². The van der Waals surface area contributed by atoms with Gasteiger partial charge in [-0.25, -0.2) is 19.3 Å². The molecule has 3 rings (SSSR count).